The lowest BCUT2D eigenvalue weighted by molar-refractivity contribution is 0.249. The van der Waals surface area contributed by atoms with Crippen molar-refractivity contribution in [3.05, 3.63) is 63.8 Å². The van der Waals surface area contributed by atoms with E-state index in [1.54, 1.807) is 30.5 Å². The highest BCUT2D eigenvalue weighted by Crippen LogP contribution is 2.41. The van der Waals surface area contributed by atoms with Crippen LogP contribution in [0.4, 0.5) is 0 Å². The number of para-hydroxylation sites is 1. The number of benzene rings is 2. The fraction of sp³-hybridized carbons (Fsp3) is 0.273. The van der Waals surface area contributed by atoms with Crippen molar-refractivity contribution in [1.29, 1.82) is 5.41 Å². The summed E-state index contributed by atoms with van der Waals surface area (Å²) in [5.74, 6) is 1.23. The van der Waals surface area contributed by atoms with Crippen molar-refractivity contribution in [3.8, 4) is 11.5 Å². The maximum absolute atomic E-state index is 12.9. The highest BCUT2D eigenvalue weighted by Gasteiger charge is 2.31. The van der Waals surface area contributed by atoms with Gasteiger partial charge >= 0.3 is 5.69 Å². The lowest BCUT2D eigenvalue weighted by Crippen LogP contribution is -2.31. The predicted molar refractivity (Wildman–Crippen MR) is 112 cm³/mol. The van der Waals surface area contributed by atoms with E-state index in [2.05, 4.69) is 4.98 Å². The number of allylic oxidation sites excluding steroid dienone is 2. The van der Waals surface area contributed by atoms with Gasteiger partial charge in [0, 0.05) is 22.4 Å². The number of aromatic amines is 1. The molecule has 1 unspecified atom stereocenters. The van der Waals surface area contributed by atoms with Gasteiger partial charge in [-0.25, -0.2) is 4.79 Å². The molecule has 2 aromatic carbocycles. The minimum absolute atomic E-state index is 0.0324. The van der Waals surface area contributed by atoms with Crippen LogP contribution in [0.2, 0.25) is 0 Å². The molecule has 4 rings (SSSR count). The van der Waals surface area contributed by atoms with Gasteiger partial charge in [-0.05, 0) is 39.0 Å². The van der Waals surface area contributed by atoms with Gasteiger partial charge in [-0.15, -0.1) is 0 Å². The minimum Gasteiger partial charge on any atom is -0.512 e. The molecule has 0 saturated carbocycles. The maximum Gasteiger partial charge on any atom is 0.327 e. The molecular weight excluding hydrogens is 370 g/mol. The van der Waals surface area contributed by atoms with E-state index in [9.17, 15) is 9.90 Å². The van der Waals surface area contributed by atoms with E-state index in [4.69, 9.17) is 14.9 Å². The average molecular weight is 393 g/mol. The van der Waals surface area contributed by atoms with Crippen LogP contribution in [0, 0.1) is 5.41 Å². The third-order valence-electron chi connectivity index (χ3n) is 5.11. The molecule has 150 valence electrons. The second kappa shape index (κ2) is 7.16. The van der Waals surface area contributed by atoms with E-state index in [0.29, 0.717) is 40.3 Å². The molecule has 0 amide bonds. The van der Waals surface area contributed by atoms with Crippen molar-refractivity contribution in [2.24, 2.45) is 0 Å². The van der Waals surface area contributed by atoms with Gasteiger partial charge in [-0.2, -0.15) is 0 Å². The van der Waals surface area contributed by atoms with Gasteiger partial charge in [-0.3, -0.25) is 4.57 Å². The van der Waals surface area contributed by atoms with Gasteiger partial charge in [0.25, 0.3) is 0 Å². The van der Waals surface area contributed by atoms with Gasteiger partial charge in [0.05, 0.1) is 17.9 Å². The maximum atomic E-state index is 12.9. The van der Waals surface area contributed by atoms with Crippen molar-refractivity contribution < 1.29 is 14.6 Å². The molecule has 1 aromatic heterocycles. The van der Waals surface area contributed by atoms with Crippen molar-refractivity contribution in [1.82, 2.24) is 9.55 Å². The Bertz CT molecular complexity index is 1200. The molecule has 1 aliphatic heterocycles. The van der Waals surface area contributed by atoms with Crippen LogP contribution in [0.15, 0.2) is 47.0 Å². The van der Waals surface area contributed by atoms with E-state index < -0.39 is 0 Å². The largest absolute Gasteiger partial charge is 0.512 e. The summed E-state index contributed by atoms with van der Waals surface area (Å²) in [5.41, 5.74) is 3.10. The van der Waals surface area contributed by atoms with E-state index in [1.807, 2.05) is 31.2 Å². The number of nitrogens with zero attached hydrogens (tertiary/aromatic N) is 1. The van der Waals surface area contributed by atoms with Crippen LogP contribution in [-0.4, -0.2) is 33.6 Å². The second-order valence-electron chi connectivity index (χ2n) is 7.02. The van der Waals surface area contributed by atoms with Gasteiger partial charge in [0.1, 0.15) is 23.9 Å². The minimum atomic E-state index is -0.356. The number of aliphatic hydroxyl groups excluding tert-OH is 1. The number of rotatable bonds is 5. The molecule has 1 aliphatic rings. The number of nitrogens with one attached hydrogen (secondary N) is 2. The van der Waals surface area contributed by atoms with Gasteiger partial charge < -0.3 is 25.0 Å². The number of hydrogen-bond acceptors (Lipinski definition) is 5. The Hall–Kier alpha value is -3.48. The monoisotopic (exact) mass is 393 g/mol. The van der Waals surface area contributed by atoms with Crippen LogP contribution in [0.3, 0.4) is 0 Å². The molecular formula is C22H23N3O4. The third-order valence-corrected chi connectivity index (χ3v) is 5.11. The van der Waals surface area contributed by atoms with Gasteiger partial charge in [-0.1, -0.05) is 18.2 Å². The zero-order valence-corrected chi connectivity index (χ0v) is 16.6. The molecule has 3 aromatic rings. The fourth-order valence-electron chi connectivity index (χ4n) is 4.01. The van der Waals surface area contributed by atoms with Crippen molar-refractivity contribution in [2.45, 2.75) is 26.8 Å². The topological polar surface area (TPSA) is 100 Å². The molecule has 2 heterocycles. The van der Waals surface area contributed by atoms with Crippen molar-refractivity contribution >= 4 is 22.3 Å². The first-order valence-corrected chi connectivity index (χ1v) is 9.51. The van der Waals surface area contributed by atoms with Crippen LogP contribution in [0.1, 0.15) is 37.9 Å². The molecule has 0 fully saturated rings. The van der Waals surface area contributed by atoms with Crippen LogP contribution in [0.25, 0.3) is 16.6 Å². The fourth-order valence-corrected chi connectivity index (χ4v) is 4.01. The quantitative estimate of drug-likeness (QED) is 0.450. The normalized spacial score (nSPS) is 16.3. The Kier molecular flexibility index (Phi) is 4.66. The van der Waals surface area contributed by atoms with E-state index in [1.165, 1.54) is 0 Å². The summed E-state index contributed by atoms with van der Waals surface area (Å²) in [6.07, 6.45) is 0. The zero-order chi connectivity index (χ0) is 20.7. The summed E-state index contributed by atoms with van der Waals surface area (Å²) in [6, 6.07) is 10.8. The number of aliphatic hydroxyl groups is 1. The third kappa shape index (κ3) is 2.99. The molecule has 0 saturated heterocycles. The molecule has 29 heavy (non-hydrogen) atoms. The Labute approximate surface area is 167 Å². The van der Waals surface area contributed by atoms with Gasteiger partial charge in [0.2, 0.25) is 0 Å². The van der Waals surface area contributed by atoms with E-state index in [0.717, 1.165) is 5.56 Å². The Morgan fingerprint density at radius 1 is 1.31 bits per heavy atom. The second-order valence-corrected chi connectivity index (χ2v) is 7.02. The molecule has 0 aliphatic carbocycles. The first-order chi connectivity index (χ1) is 13.9. The first kappa shape index (κ1) is 18.9. The molecule has 0 spiro atoms. The molecule has 1 atom stereocenters. The number of imidazole rings is 1. The number of aromatic nitrogens is 2. The molecule has 3 N–H and O–H groups in total. The lowest BCUT2D eigenvalue weighted by Gasteiger charge is -2.28. The van der Waals surface area contributed by atoms with Crippen LogP contribution in [-0.2, 0) is 0 Å². The van der Waals surface area contributed by atoms with Crippen molar-refractivity contribution in [3.63, 3.8) is 0 Å². The highest BCUT2D eigenvalue weighted by atomic mass is 16.5. The van der Waals surface area contributed by atoms with Crippen LogP contribution in [0.5, 0.6) is 11.5 Å². The Morgan fingerprint density at radius 3 is 2.76 bits per heavy atom. The Balaban J connectivity index is 1.98. The predicted octanol–water partition coefficient (Wildman–Crippen LogP) is 4.04. The molecule has 7 nitrogen and oxygen atoms in total. The van der Waals surface area contributed by atoms with Crippen LogP contribution >= 0.6 is 0 Å². The standard InChI is InChI=1S/C22H23N3O4/c1-4-28-18-8-6-5-7-14(18)17-11-29-21-15(19(12(2)23)13(3)26)9-10-16-20(21)25(17)22(27)24-16/h5-10,17,23,26H,4,11H2,1-3H3,(H,24,27)/b19-13+,23-12?. The summed E-state index contributed by atoms with van der Waals surface area (Å²) < 4.78 is 13.6. The zero-order valence-electron chi connectivity index (χ0n) is 16.6. The smallest absolute Gasteiger partial charge is 0.327 e. The summed E-state index contributed by atoms with van der Waals surface area (Å²) in [7, 11) is 0. The molecule has 0 bridgehead atoms. The molecule has 7 heteroatoms. The molecule has 0 radical (unpaired) electrons. The van der Waals surface area contributed by atoms with E-state index >= 15 is 0 Å². The number of hydrogen-bond donors (Lipinski definition) is 3. The SMILES string of the molecule is CCOc1ccccc1C1COc2c(/C(C(C)=N)=C(\C)O)ccc3[nH]c(=O)n1c23. The summed E-state index contributed by atoms with van der Waals surface area (Å²) in [5, 5.41) is 18.2. The lowest BCUT2D eigenvalue weighted by atomic mass is 9.97. The summed E-state index contributed by atoms with van der Waals surface area (Å²) >= 11 is 0. The first-order valence-electron chi connectivity index (χ1n) is 9.51. The number of H-pyrrole nitrogens is 1. The number of ether oxygens (including phenoxy) is 2. The van der Waals surface area contributed by atoms with Gasteiger partial charge in [0.15, 0.2) is 5.75 Å². The van der Waals surface area contributed by atoms with Crippen LogP contribution < -0.4 is 15.2 Å². The summed E-state index contributed by atoms with van der Waals surface area (Å²) in [6.45, 7) is 5.82. The highest BCUT2D eigenvalue weighted by molar-refractivity contribution is 6.23. The summed E-state index contributed by atoms with van der Waals surface area (Å²) in [4.78, 5) is 15.8. The van der Waals surface area contributed by atoms with Crippen molar-refractivity contribution in [2.75, 3.05) is 13.2 Å². The Morgan fingerprint density at radius 2 is 2.07 bits per heavy atom. The average Bonchev–Trinajstić information content (AvgIpc) is 3.02. The van der Waals surface area contributed by atoms with E-state index in [-0.39, 0.29) is 29.8 Å².